The SMILES string of the molecule is CON=Cc1cnc(SCCC(F)=C(F)F)o1. The summed E-state index contributed by atoms with van der Waals surface area (Å²) in [6, 6.07) is 0. The van der Waals surface area contributed by atoms with Gasteiger partial charge in [-0.15, -0.1) is 0 Å². The van der Waals surface area contributed by atoms with Crippen LogP contribution in [0.25, 0.3) is 0 Å². The molecule has 8 heteroatoms. The van der Waals surface area contributed by atoms with Crippen molar-refractivity contribution in [2.24, 2.45) is 5.16 Å². The Morgan fingerprint density at radius 2 is 2.35 bits per heavy atom. The standard InChI is InChI=1S/C9H9F3N2O2S/c1-15-14-5-6-4-13-9(16-6)17-3-2-7(10)8(11)12/h4-5H,2-3H2,1H3. The Hall–Kier alpha value is -1.44. The number of halogens is 3. The highest BCUT2D eigenvalue weighted by Crippen LogP contribution is 2.22. The molecular weight excluding hydrogens is 257 g/mol. The minimum absolute atomic E-state index is 0.116. The molecule has 1 heterocycles. The van der Waals surface area contributed by atoms with Crippen molar-refractivity contribution < 1.29 is 22.4 Å². The number of nitrogens with zero attached hydrogens (tertiary/aromatic N) is 2. The highest BCUT2D eigenvalue weighted by atomic mass is 32.2. The third kappa shape index (κ3) is 4.94. The molecule has 0 radical (unpaired) electrons. The molecule has 0 atom stereocenters. The van der Waals surface area contributed by atoms with Gasteiger partial charge in [0.15, 0.2) is 11.6 Å². The van der Waals surface area contributed by atoms with Crippen molar-refractivity contribution in [3.63, 3.8) is 0 Å². The highest BCUT2D eigenvalue weighted by Gasteiger charge is 2.07. The summed E-state index contributed by atoms with van der Waals surface area (Å²) in [7, 11) is 1.38. The van der Waals surface area contributed by atoms with Crippen LogP contribution in [-0.4, -0.2) is 24.1 Å². The number of hydrogen-bond donors (Lipinski definition) is 0. The number of hydrogen-bond acceptors (Lipinski definition) is 5. The van der Waals surface area contributed by atoms with E-state index in [-0.39, 0.29) is 17.4 Å². The summed E-state index contributed by atoms with van der Waals surface area (Å²) in [4.78, 5) is 8.26. The van der Waals surface area contributed by atoms with E-state index in [4.69, 9.17) is 4.42 Å². The average Bonchev–Trinajstić information content (AvgIpc) is 2.74. The van der Waals surface area contributed by atoms with Gasteiger partial charge in [-0.2, -0.15) is 8.78 Å². The van der Waals surface area contributed by atoms with Crippen LogP contribution in [0.3, 0.4) is 0 Å². The first-order chi connectivity index (χ1) is 8.13. The van der Waals surface area contributed by atoms with Crippen LogP contribution in [0.5, 0.6) is 0 Å². The Morgan fingerprint density at radius 1 is 1.59 bits per heavy atom. The summed E-state index contributed by atoms with van der Waals surface area (Å²) >= 11 is 1.03. The molecule has 1 rings (SSSR count). The molecule has 0 aliphatic rings. The summed E-state index contributed by atoms with van der Waals surface area (Å²) in [5, 5.41) is 3.71. The average molecular weight is 266 g/mol. The van der Waals surface area contributed by atoms with Gasteiger partial charge in [-0.3, -0.25) is 0 Å². The highest BCUT2D eigenvalue weighted by molar-refractivity contribution is 7.99. The second-order valence-corrected chi connectivity index (χ2v) is 3.76. The topological polar surface area (TPSA) is 47.6 Å². The molecule has 94 valence electrons. The third-order valence-electron chi connectivity index (χ3n) is 1.54. The first kappa shape index (κ1) is 13.6. The van der Waals surface area contributed by atoms with E-state index in [1.165, 1.54) is 19.5 Å². The van der Waals surface area contributed by atoms with Gasteiger partial charge in [-0.05, 0) is 0 Å². The molecule has 0 N–H and O–H groups in total. The van der Waals surface area contributed by atoms with Crippen LogP contribution in [0.4, 0.5) is 13.2 Å². The van der Waals surface area contributed by atoms with Crippen LogP contribution in [0.1, 0.15) is 12.2 Å². The molecule has 0 amide bonds. The van der Waals surface area contributed by atoms with E-state index in [1.54, 1.807) is 0 Å². The van der Waals surface area contributed by atoms with Gasteiger partial charge in [-0.25, -0.2) is 9.37 Å². The third-order valence-corrected chi connectivity index (χ3v) is 2.38. The van der Waals surface area contributed by atoms with E-state index in [2.05, 4.69) is 15.0 Å². The van der Waals surface area contributed by atoms with Crippen LogP contribution in [0.15, 0.2) is 32.9 Å². The number of oxazole rings is 1. The summed E-state index contributed by atoms with van der Waals surface area (Å²) in [5.74, 6) is -0.933. The van der Waals surface area contributed by atoms with Crippen molar-refractivity contribution in [2.75, 3.05) is 12.9 Å². The van der Waals surface area contributed by atoms with Crippen molar-refractivity contribution in [3.8, 4) is 0 Å². The van der Waals surface area contributed by atoms with E-state index in [1.807, 2.05) is 0 Å². The summed E-state index contributed by atoms with van der Waals surface area (Å²) in [6.45, 7) is 0. The minimum atomic E-state index is -2.29. The number of aromatic nitrogens is 1. The predicted octanol–water partition coefficient (Wildman–Crippen LogP) is 3.21. The summed E-state index contributed by atoms with van der Waals surface area (Å²) in [5.41, 5.74) is 0. The Balaban J connectivity index is 2.40. The van der Waals surface area contributed by atoms with E-state index in [0.29, 0.717) is 5.76 Å². The number of rotatable bonds is 6. The molecule has 4 nitrogen and oxygen atoms in total. The lowest BCUT2D eigenvalue weighted by molar-refractivity contribution is 0.215. The van der Waals surface area contributed by atoms with Crippen LogP contribution >= 0.6 is 11.8 Å². The zero-order valence-corrected chi connectivity index (χ0v) is 9.64. The lowest BCUT2D eigenvalue weighted by atomic mass is 10.4. The zero-order valence-electron chi connectivity index (χ0n) is 8.82. The molecule has 0 spiro atoms. The van der Waals surface area contributed by atoms with Crippen molar-refractivity contribution in [3.05, 3.63) is 23.9 Å². The van der Waals surface area contributed by atoms with Gasteiger partial charge in [-0.1, -0.05) is 16.9 Å². The van der Waals surface area contributed by atoms with Crippen molar-refractivity contribution in [1.82, 2.24) is 4.98 Å². The lowest BCUT2D eigenvalue weighted by Gasteiger charge is -1.94. The number of thioether (sulfide) groups is 1. The molecular formula is C9H9F3N2O2S. The first-order valence-corrected chi connectivity index (χ1v) is 5.47. The fraction of sp³-hybridized carbons (Fsp3) is 0.333. The quantitative estimate of drug-likeness (QED) is 0.450. The molecule has 0 unspecified atom stereocenters. The normalized spacial score (nSPS) is 10.8. The van der Waals surface area contributed by atoms with E-state index < -0.39 is 11.9 Å². The second-order valence-electron chi connectivity index (χ2n) is 2.71. The Labute approximate surface area is 99.5 Å². The molecule has 0 bridgehead atoms. The van der Waals surface area contributed by atoms with Gasteiger partial charge in [0.05, 0.1) is 6.20 Å². The molecule has 0 saturated heterocycles. The van der Waals surface area contributed by atoms with Crippen LogP contribution in [0, 0.1) is 0 Å². The van der Waals surface area contributed by atoms with Crippen LogP contribution in [-0.2, 0) is 4.84 Å². The van der Waals surface area contributed by atoms with Crippen molar-refractivity contribution >= 4 is 18.0 Å². The van der Waals surface area contributed by atoms with Gasteiger partial charge in [0.1, 0.15) is 13.3 Å². The largest absolute Gasteiger partial charge is 0.430 e. The van der Waals surface area contributed by atoms with Crippen molar-refractivity contribution in [1.29, 1.82) is 0 Å². The van der Waals surface area contributed by atoms with E-state index in [9.17, 15) is 13.2 Å². The Morgan fingerprint density at radius 3 is 3.00 bits per heavy atom. The fourth-order valence-corrected chi connectivity index (χ4v) is 1.56. The number of allylic oxidation sites excluding steroid dienone is 1. The Bertz CT molecular complexity index is 416. The maximum atomic E-state index is 12.4. The zero-order chi connectivity index (χ0) is 12.7. The molecule has 0 aliphatic carbocycles. The van der Waals surface area contributed by atoms with Gasteiger partial charge in [0.2, 0.25) is 0 Å². The molecule has 1 aromatic heterocycles. The molecule has 17 heavy (non-hydrogen) atoms. The lowest BCUT2D eigenvalue weighted by Crippen LogP contribution is -1.82. The summed E-state index contributed by atoms with van der Waals surface area (Å²) in [6.07, 6.45) is 0.0496. The molecule has 0 fully saturated rings. The second kappa shape index (κ2) is 7.00. The predicted molar refractivity (Wildman–Crippen MR) is 56.8 cm³/mol. The molecule has 0 aromatic carbocycles. The van der Waals surface area contributed by atoms with Crippen LogP contribution in [0.2, 0.25) is 0 Å². The maximum absolute atomic E-state index is 12.4. The Kier molecular flexibility index (Phi) is 5.61. The first-order valence-electron chi connectivity index (χ1n) is 4.48. The molecule has 0 saturated carbocycles. The van der Waals surface area contributed by atoms with E-state index in [0.717, 1.165) is 11.8 Å². The smallest absolute Gasteiger partial charge is 0.301 e. The monoisotopic (exact) mass is 266 g/mol. The van der Waals surface area contributed by atoms with Crippen molar-refractivity contribution in [2.45, 2.75) is 11.6 Å². The minimum Gasteiger partial charge on any atom is -0.430 e. The maximum Gasteiger partial charge on any atom is 0.301 e. The summed E-state index contributed by atoms with van der Waals surface area (Å²) < 4.78 is 41.0. The van der Waals surface area contributed by atoms with E-state index >= 15 is 0 Å². The van der Waals surface area contributed by atoms with Crippen LogP contribution < -0.4 is 0 Å². The van der Waals surface area contributed by atoms with Gasteiger partial charge >= 0.3 is 6.08 Å². The van der Waals surface area contributed by atoms with Gasteiger partial charge in [0.25, 0.3) is 5.22 Å². The molecule has 0 aliphatic heterocycles. The fourth-order valence-electron chi connectivity index (χ4n) is 0.823. The molecule has 1 aromatic rings. The van der Waals surface area contributed by atoms with Gasteiger partial charge < -0.3 is 9.25 Å². The van der Waals surface area contributed by atoms with Gasteiger partial charge in [0, 0.05) is 12.2 Å². The number of oxime groups is 1.